The third-order valence-electron chi connectivity index (χ3n) is 4.88. The Morgan fingerprint density at radius 1 is 1.20 bits per heavy atom. The van der Waals surface area contributed by atoms with E-state index >= 15 is 0 Å². The number of amides is 1. The second-order valence-electron chi connectivity index (χ2n) is 7.13. The summed E-state index contributed by atoms with van der Waals surface area (Å²) in [5.74, 6) is 0.685. The van der Waals surface area contributed by atoms with Crippen molar-refractivity contribution in [2.75, 3.05) is 11.9 Å². The fourth-order valence-corrected chi connectivity index (χ4v) is 4.48. The van der Waals surface area contributed by atoms with Crippen molar-refractivity contribution in [3.05, 3.63) is 75.7 Å². The highest BCUT2D eigenvalue weighted by atomic mass is 35.5. The zero-order valence-corrected chi connectivity index (χ0v) is 18.4. The van der Waals surface area contributed by atoms with Gasteiger partial charge in [0.15, 0.2) is 5.50 Å². The quantitative estimate of drug-likeness (QED) is 0.450. The topological polar surface area (TPSA) is 50.4 Å². The molecule has 1 heterocycles. The number of nitrogens with one attached hydrogen (secondary N) is 2. The maximum Gasteiger partial charge on any atom is 0.260 e. The second-order valence-corrected chi connectivity index (χ2v) is 8.71. The molecule has 3 aromatic carbocycles. The number of aryl methyl sites for hydroxylation is 1. The van der Waals surface area contributed by atoms with Gasteiger partial charge < -0.3 is 15.4 Å². The number of carbonyl (C=O) groups is 1. The molecule has 4 nitrogen and oxygen atoms in total. The van der Waals surface area contributed by atoms with E-state index in [0.717, 1.165) is 39.8 Å². The van der Waals surface area contributed by atoms with Crippen molar-refractivity contribution in [1.29, 1.82) is 0 Å². The average Bonchev–Trinajstić information content (AvgIpc) is 3.09. The summed E-state index contributed by atoms with van der Waals surface area (Å²) >= 11 is 7.58. The Labute approximate surface area is 185 Å². The number of fused-ring (bicyclic) bond motifs is 1. The number of anilines is 1. The third-order valence-corrected chi connectivity index (χ3v) is 6.15. The van der Waals surface area contributed by atoms with Crippen molar-refractivity contribution in [1.82, 2.24) is 5.32 Å². The smallest absolute Gasteiger partial charge is 0.260 e. The minimum atomic E-state index is -0.268. The van der Waals surface area contributed by atoms with Crippen LogP contribution < -0.4 is 15.4 Å². The van der Waals surface area contributed by atoms with Gasteiger partial charge in [0.2, 0.25) is 0 Å². The van der Waals surface area contributed by atoms with Gasteiger partial charge in [-0.1, -0.05) is 66.7 Å². The number of thioether (sulfide) groups is 1. The van der Waals surface area contributed by atoms with Crippen molar-refractivity contribution in [2.45, 2.75) is 25.8 Å². The normalized spacial score (nSPS) is 17.4. The molecule has 1 fully saturated rings. The summed E-state index contributed by atoms with van der Waals surface area (Å²) in [4.78, 5) is 13.3. The molecular formula is C24H23ClN2O2S. The van der Waals surface area contributed by atoms with Gasteiger partial charge in [0.05, 0.1) is 11.5 Å². The summed E-state index contributed by atoms with van der Waals surface area (Å²) < 4.78 is 5.98. The summed E-state index contributed by atoms with van der Waals surface area (Å²) in [5, 5.41) is 9.18. The van der Waals surface area contributed by atoms with Crippen LogP contribution in [0.3, 0.4) is 0 Å². The van der Waals surface area contributed by atoms with Gasteiger partial charge >= 0.3 is 0 Å². The number of rotatable bonds is 6. The Morgan fingerprint density at radius 2 is 2.03 bits per heavy atom. The summed E-state index contributed by atoms with van der Waals surface area (Å²) in [6.07, 6.45) is 2.85. The van der Waals surface area contributed by atoms with E-state index in [9.17, 15) is 4.79 Å². The second kappa shape index (κ2) is 9.02. The maximum absolute atomic E-state index is 12.7. The van der Waals surface area contributed by atoms with E-state index in [0.29, 0.717) is 16.5 Å². The van der Waals surface area contributed by atoms with Crippen LogP contribution in [0.1, 0.15) is 24.5 Å². The van der Waals surface area contributed by atoms with Crippen LogP contribution in [0.4, 0.5) is 5.69 Å². The molecular weight excluding hydrogens is 416 g/mol. The lowest BCUT2D eigenvalue weighted by Gasteiger charge is -2.15. The Hall–Kier alpha value is -2.63. The number of carbonyl (C=O) groups excluding carboxylic acids is 1. The average molecular weight is 439 g/mol. The zero-order valence-electron chi connectivity index (χ0n) is 16.9. The Kier molecular flexibility index (Phi) is 6.21. The monoisotopic (exact) mass is 438 g/mol. The van der Waals surface area contributed by atoms with Crippen LogP contribution in [0.25, 0.3) is 16.8 Å². The molecule has 1 aliphatic heterocycles. The SMILES string of the molecule is CCCOc1ccc2ccccc2c1/C=C1\SC(Nc2cc(Cl)ccc2C)NC1=O. The lowest BCUT2D eigenvalue weighted by atomic mass is 10.0. The Balaban J connectivity index is 1.65. The minimum Gasteiger partial charge on any atom is -0.493 e. The zero-order chi connectivity index (χ0) is 21.1. The number of ether oxygens (including phenoxy) is 1. The highest BCUT2D eigenvalue weighted by molar-refractivity contribution is 8.05. The van der Waals surface area contributed by atoms with E-state index in [4.69, 9.17) is 16.3 Å². The molecule has 30 heavy (non-hydrogen) atoms. The first-order valence-corrected chi connectivity index (χ1v) is 11.2. The predicted molar refractivity (Wildman–Crippen MR) is 127 cm³/mol. The maximum atomic E-state index is 12.7. The Morgan fingerprint density at radius 3 is 2.87 bits per heavy atom. The molecule has 1 atom stereocenters. The largest absolute Gasteiger partial charge is 0.493 e. The van der Waals surface area contributed by atoms with Gasteiger partial charge in [0, 0.05) is 16.3 Å². The highest BCUT2D eigenvalue weighted by Gasteiger charge is 2.28. The van der Waals surface area contributed by atoms with E-state index in [1.54, 1.807) is 0 Å². The van der Waals surface area contributed by atoms with Gasteiger partial charge in [-0.25, -0.2) is 0 Å². The van der Waals surface area contributed by atoms with Crippen LogP contribution in [0, 0.1) is 6.92 Å². The summed E-state index contributed by atoms with van der Waals surface area (Å²) in [7, 11) is 0. The van der Waals surface area contributed by atoms with Crippen LogP contribution in [0.15, 0.2) is 59.5 Å². The van der Waals surface area contributed by atoms with Crippen LogP contribution in [-0.4, -0.2) is 18.0 Å². The molecule has 6 heteroatoms. The molecule has 2 N–H and O–H groups in total. The van der Waals surface area contributed by atoms with E-state index < -0.39 is 0 Å². The van der Waals surface area contributed by atoms with Gasteiger partial charge in [-0.05, 0) is 54.0 Å². The van der Waals surface area contributed by atoms with Gasteiger partial charge in [-0.15, -0.1) is 0 Å². The first kappa shape index (κ1) is 20.6. The van der Waals surface area contributed by atoms with Crippen LogP contribution in [0.5, 0.6) is 5.75 Å². The number of benzene rings is 3. The molecule has 0 bridgehead atoms. The summed E-state index contributed by atoms with van der Waals surface area (Å²) in [6, 6.07) is 17.8. The van der Waals surface area contributed by atoms with Crippen molar-refractivity contribution < 1.29 is 9.53 Å². The molecule has 0 radical (unpaired) electrons. The number of hydrogen-bond acceptors (Lipinski definition) is 4. The van der Waals surface area contributed by atoms with Gasteiger partial charge in [-0.2, -0.15) is 0 Å². The summed E-state index contributed by atoms with van der Waals surface area (Å²) in [5.41, 5.74) is 2.63. The van der Waals surface area contributed by atoms with Gasteiger partial charge in [0.25, 0.3) is 5.91 Å². The number of halogens is 1. The van der Waals surface area contributed by atoms with Crippen LogP contribution in [0.2, 0.25) is 5.02 Å². The third kappa shape index (κ3) is 4.42. The first-order chi connectivity index (χ1) is 14.5. The molecule has 1 amide bonds. The highest BCUT2D eigenvalue weighted by Crippen LogP contribution is 2.36. The summed E-state index contributed by atoms with van der Waals surface area (Å²) in [6.45, 7) is 4.71. The Bertz CT molecular complexity index is 1130. The molecule has 4 rings (SSSR count). The molecule has 1 unspecified atom stereocenters. The standard InChI is InChI=1S/C24H23ClN2O2S/c1-3-12-29-21-11-9-16-6-4-5-7-18(16)19(21)14-22-23(28)27-24(30-22)26-20-13-17(25)10-8-15(20)2/h4-11,13-14,24,26H,3,12H2,1-2H3,(H,27,28)/b22-14-. The fraction of sp³-hybridized carbons (Fsp3) is 0.208. The molecule has 154 valence electrons. The molecule has 1 aliphatic rings. The van der Waals surface area contributed by atoms with E-state index in [1.165, 1.54) is 11.8 Å². The van der Waals surface area contributed by atoms with E-state index in [-0.39, 0.29) is 11.4 Å². The molecule has 0 spiro atoms. The van der Waals surface area contributed by atoms with Crippen LogP contribution >= 0.6 is 23.4 Å². The molecule has 0 saturated carbocycles. The van der Waals surface area contributed by atoms with Crippen molar-refractivity contribution in [3.8, 4) is 5.75 Å². The van der Waals surface area contributed by atoms with Gasteiger partial charge in [-0.3, -0.25) is 4.79 Å². The molecule has 0 aromatic heterocycles. The first-order valence-electron chi connectivity index (χ1n) is 9.91. The van der Waals surface area contributed by atoms with E-state index in [1.807, 2.05) is 49.4 Å². The fourth-order valence-electron chi connectivity index (χ4n) is 3.35. The number of hydrogen-bond donors (Lipinski definition) is 2. The lowest BCUT2D eigenvalue weighted by Crippen LogP contribution is -2.31. The van der Waals surface area contributed by atoms with E-state index in [2.05, 4.69) is 35.8 Å². The minimum absolute atomic E-state index is 0.105. The predicted octanol–water partition coefficient (Wildman–Crippen LogP) is 6.19. The molecule has 0 aliphatic carbocycles. The molecule has 3 aromatic rings. The molecule has 1 saturated heterocycles. The van der Waals surface area contributed by atoms with Crippen molar-refractivity contribution >= 4 is 51.8 Å². The van der Waals surface area contributed by atoms with Gasteiger partial charge in [0.1, 0.15) is 5.75 Å². The lowest BCUT2D eigenvalue weighted by molar-refractivity contribution is -0.116. The van der Waals surface area contributed by atoms with Crippen molar-refractivity contribution in [3.63, 3.8) is 0 Å². The van der Waals surface area contributed by atoms with Crippen LogP contribution in [-0.2, 0) is 4.79 Å². The van der Waals surface area contributed by atoms with Crippen molar-refractivity contribution in [2.24, 2.45) is 0 Å².